The minimum absolute atomic E-state index is 0.256. The molecule has 0 aliphatic heterocycles. The average Bonchev–Trinajstić information content (AvgIpc) is 2.23. The van der Waals surface area contributed by atoms with E-state index in [4.69, 9.17) is 0 Å². The van der Waals surface area contributed by atoms with Gasteiger partial charge in [0.15, 0.2) is 0 Å². The van der Waals surface area contributed by atoms with Gasteiger partial charge in [-0.1, -0.05) is 71.0 Å². The highest BCUT2D eigenvalue weighted by atomic mass is 14.2. The molecular formula is C17H26. The van der Waals surface area contributed by atoms with E-state index in [1.54, 1.807) is 0 Å². The summed E-state index contributed by atoms with van der Waals surface area (Å²) in [4.78, 5) is 0. The molecule has 0 aliphatic rings. The molecule has 0 bridgehead atoms. The Morgan fingerprint density at radius 1 is 1.00 bits per heavy atom. The highest BCUT2D eigenvalue weighted by Crippen LogP contribution is 2.22. The lowest BCUT2D eigenvalue weighted by Gasteiger charge is -2.18. The van der Waals surface area contributed by atoms with Crippen LogP contribution in [0, 0.1) is 5.92 Å². The molecule has 0 aliphatic carbocycles. The molecule has 0 fully saturated rings. The van der Waals surface area contributed by atoms with E-state index in [-0.39, 0.29) is 5.41 Å². The Hall–Kier alpha value is -1.04. The van der Waals surface area contributed by atoms with Crippen LogP contribution in [0.25, 0.3) is 0 Å². The van der Waals surface area contributed by atoms with Crippen LogP contribution >= 0.6 is 0 Å². The third-order valence-electron chi connectivity index (χ3n) is 2.95. The molecule has 0 atom stereocenters. The van der Waals surface area contributed by atoms with Gasteiger partial charge in [-0.2, -0.15) is 0 Å². The van der Waals surface area contributed by atoms with Crippen LogP contribution in [0.1, 0.15) is 52.2 Å². The smallest absolute Gasteiger partial charge is 0.00975 e. The predicted octanol–water partition coefficient (Wildman–Crippen LogP) is 5.13. The van der Waals surface area contributed by atoms with Crippen molar-refractivity contribution in [2.75, 3.05) is 0 Å². The van der Waals surface area contributed by atoms with E-state index in [0.717, 1.165) is 12.3 Å². The van der Waals surface area contributed by atoms with Crippen molar-refractivity contribution < 1.29 is 0 Å². The molecule has 0 nitrogen and oxygen atoms in total. The third kappa shape index (κ3) is 5.21. The van der Waals surface area contributed by atoms with Crippen LogP contribution in [0.5, 0.6) is 0 Å². The van der Waals surface area contributed by atoms with E-state index >= 15 is 0 Å². The molecule has 0 saturated carbocycles. The second-order valence-electron chi connectivity index (χ2n) is 6.25. The fourth-order valence-electron chi connectivity index (χ4n) is 1.73. The van der Waals surface area contributed by atoms with Gasteiger partial charge in [-0.05, 0) is 35.3 Å². The molecule has 0 N–H and O–H groups in total. The average molecular weight is 230 g/mol. The zero-order valence-corrected chi connectivity index (χ0v) is 12.0. The molecule has 0 heteroatoms. The lowest BCUT2D eigenvalue weighted by molar-refractivity contribution is 0.590. The maximum Gasteiger partial charge on any atom is -0.00975 e. The summed E-state index contributed by atoms with van der Waals surface area (Å²) in [6, 6.07) is 9.01. The van der Waals surface area contributed by atoms with Crippen LogP contribution in [0.3, 0.4) is 0 Å². The van der Waals surface area contributed by atoms with Crippen LogP contribution in [0.4, 0.5) is 0 Å². The maximum atomic E-state index is 2.29. The van der Waals surface area contributed by atoms with Gasteiger partial charge in [-0.15, -0.1) is 0 Å². The highest BCUT2D eigenvalue weighted by molar-refractivity contribution is 5.28. The predicted molar refractivity (Wildman–Crippen MR) is 77.4 cm³/mol. The third-order valence-corrected chi connectivity index (χ3v) is 2.95. The zero-order valence-electron chi connectivity index (χ0n) is 12.0. The largest absolute Gasteiger partial charge is 0.0880 e. The van der Waals surface area contributed by atoms with Gasteiger partial charge in [0.05, 0.1) is 0 Å². The van der Waals surface area contributed by atoms with Gasteiger partial charge >= 0.3 is 0 Å². The van der Waals surface area contributed by atoms with Crippen LogP contribution in [0.15, 0.2) is 36.4 Å². The highest BCUT2D eigenvalue weighted by Gasteiger charge is 2.12. The van der Waals surface area contributed by atoms with E-state index in [0.29, 0.717) is 0 Å². The van der Waals surface area contributed by atoms with Crippen molar-refractivity contribution in [1.29, 1.82) is 0 Å². The first-order valence-electron chi connectivity index (χ1n) is 6.64. The number of hydrogen-bond donors (Lipinski definition) is 0. The number of hydrogen-bond acceptors (Lipinski definition) is 0. The zero-order chi connectivity index (χ0) is 12.9. The van der Waals surface area contributed by atoms with Crippen molar-refractivity contribution >= 4 is 0 Å². The molecule has 0 amide bonds. The van der Waals surface area contributed by atoms with Crippen molar-refractivity contribution in [1.82, 2.24) is 0 Å². The normalized spacial score (nSPS) is 12.6. The number of allylic oxidation sites excluding steroid dienone is 2. The van der Waals surface area contributed by atoms with Crippen LogP contribution in [-0.2, 0) is 11.8 Å². The number of benzene rings is 1. The van der Waals surface area contributed by atoms with Crippen LogP contribution in [0.2, 0.25) is 0 Å². The Balaban J connectivity index is 2.54. The van der Waals surface area contributed by atoms with E-state index in [1.165, 1.54) is 17.5 Å². The molecule has 0 unspecified atom stereocenters. The summed E-state index contributed by atoms with van der Waals surface area (Å²) >= 11 is 0. The monoisotopic (exact) mass is 230 g/mol. The fourth-order valence-corrected chi connectivity index (χ4v) is 1.73. The summed E-state index contributed by atoms with van der Waals surface area (Å²) in [6.07, 6.45) is 6.81. The van der Waals surface area contributed by atoms with Crippen LogP contribution in [-0.4, -0.2) is 0 Å². The Kier molecular flexibility index (Phi) is 4.99. The minimum Gasteiger partial charge on any atom is -0.0880 e. The molecule has 0 saturated heterocycles. The van der Waals surface area contributed by atoms with E-state index in [9.17, 15) is 0 Å². The Labute approximate surface area is 107 Å². The van der Waals surface area contributed by atoms with Gasteiger partial charge in [0.2, 0.25) is 0 Å². The van der Waals surface area contributed by atoms with E-state index < -0.39 is 0 Å². The summed E-state index contributed by atoms with van der Waals surface area (Å²) in [7, 11) is 0. The van der Waals surface area contributed by atoms with Crippen molar-refractivity contribution in [2.45, 2.75) is 52.9 Å². The van der Waals surface area contributed by atoms with E-state index in [1.807, 2.05) is 0 Å². The van der Waals surface area contributed by atoms with Gasteiger partial charge in [0.25, 0.3) is 0 Å². The first-order chi connectivity index (χ1) is 7.89. The molecule has 1 rings (SSSR count). The lowest BCUT2D eigenvalue weighted by Crippen LogP contribution is -2.10. The molecule has 0 radical (unpaired) electrons. The molecule has 0 spiro atoms. The van der Waals surface area contributed by atoms with Crippen molar-refractivity contribution in [3.05, 3.63) is 47.5 Å². The molecule has 1 aromatic carbocycles. The number of rotatable bonds is 4. The minimum atomic E-state index is 0.256. The molecule has 0 aromatic heterocycles. The molecular weight excluding hydrogens is 204 g/mol. The first-order valence-corrected chi connectivity index (χ1v) is 6.64. The topological polar surface area (TPSA) is 0 Å². The molecule has 1 aromatic rings. The standard InChI is InChI=1S/C17H26/c1-14(2)8-6-7-9-15-10-12-16(13-11-15)17(3,4)5/h6-7,10-14H,8-9H2,1-5H3. The van der Waals surface area contributed by atoms with Crippen molar-refractivity contribution in [3.8, 4) is 0 Å². The molecule has 17 heavy (non-hydrogen) atoms. The van der Waals surface area contributed by atoms with Gasteiger partial charge in [0, 0.05) is 0 Å². The van der Waals surface area contributed by atoms with Gasteiger partial charge in [0.1, 0.15) is 0 Å². The van der Waals surface area contributed by atoms with Crippen molar-refractivity contribution in [2.24, 2.45) is 5.92 Å². The Morgan fingerprint density at radius 3 is 2.06 bits per heavy atom. The van der Waals surface area contributed by atoms with Gasteiger partial charge in [-0.3, -0.25) is 0 Å². The summed E-state index contributed by atoms with van der Waals surface area (Å²) in [5.74, 6) is 0.759. The summed E-state index contributed by atoms with van der Waals surface area (Å²) < 4.78 is 0. The van der Waals surface area contributed by atoms with Crippen molar-refractivity contribution in [3.63, 3.8) is 0 Å². The quantitative estimate of drug-likeness (QED) is 0.629. The summed E-state index contributed by atoms with van der Waals surface area (Å²) in [5.41, 5.74) is 3.07. The van der Waals surface area contributed by atoms with Crippen LogP contribution < -0.4 is 0 Å². The SMILES string of the molecule is CC(C)CC=CCc1ccc(C(C)(C)C)cc1. The summed E-state index contributed by atoms with van der Waals surface area (Å²) in [5, 5.41) is 0. The van der Waals surface area contributed by atoms with E-state index in [2.05, 4.69) is 71.0 Å². The summed E-state index contributed by atoms with van der Waals surface area (Å²) in [6.45, 7) is 11.3. The molecule has 94 valence electrons. The maximum absolute atomic E-state index is 2.29. The second kappa shape index (κ2) is 6.05. The fraction of sp³-hybridized carbons (Fsp3) is 0.529. The Bertz CT molecular complexity index is 347. The van der Waals surface area contributed by atoms with Gasteiger partial charge < -0.3 is 0 Å². The lowest BCUT2D eigenvalue weighted by atomic mass is 9.86. The Morgan fingerprint density at radius 2 is 1.59 bits per heavy atom. The van der Waals surface area contributed by atoms with Gasteiger partial charge in [-0.25, -0.2) is 0 Å². The molecule has 0 heterocycles. The second-order valence-corrected chi connectivity index (χ2v) is 6.25. The first kappa shape index (κ1) is 14.0.